The van der Waals surface area contributed by atoms with Crippen LogP contribution in [0.1, 0.15) is 61.0 Å². The molecule has 1 aromatic heterocycles. The molecule has 3 aromatic rings. The van der Waals surface area contributed by atoms with Crippen molar-refractivity contribution in [2.75, 3.05) is 38.6 Å². The number of piperidine rings is 1. The minimum absolute atomic E-state index is 0.0137. The number of anilines is 1. The maximum Gasteiger partial charge on any atom is 0.410 e. The van der Waals surface area contributed by atoms with E-state index in [1.54, 1.807) is 9.80 Å². The van der Waals surface area contributed by atoms with Gasteiger partial charge in [-0.05, 0) is 70.4 Å². The van der Waals surface area contributed by atoms with Gasteiger partial charge in [-0.3, -0.25) is 14.4 Å². The lowest BCUT2D eigenvalue weighted by atomic mass is 9.95. The molecule has 2 fully saturated rings. The summed E-state index contributed by atoms with van der Waals surface area (Å²) in [6.45, 7) is 7.20. The zero-order chi connectivity index (χ0) is 35.6. The van der Waals surface area contributed by atoms with E-state index in [1.165, 1.54) is 55.3 Å². The fourth-order valence-electron chi connectivity index (χ4n) is 5.96. The zero-order valence-corrected chi connectivity index (χ0v) is 28.7. The molecule has 1 unspecified atom stereocenters. The Morgan fingerprint density at radius 1 is 0.959 bits per heavy atom. The van der Waals surface area contributed by atoms with Crippen LogP contribution in [0.4, 0.5) is 19.3 Å². The average Bonchev–Trinajstić information content (AvgIpc) is 3.67. The molecular formula is C34H39ClF2N6O6. The Morgan fingerprint density at radius 2 is 1.65 bits per heavy atom. The molecule has 0 saturated carbocycles. The number of ether oxygens (including phenoxy) is 2. The van der Waals surface area contributed by atoms with E-state index in [1.807, 2.05) is 20.8 Å². The van der Waals surface area contributed by atoms with Crippen LogP contribution in [-0.4, -0.2) is 88.1 Å². The molecule has 0 bridgehead atoms. The van der Waals surface area contributed by atoms with Crippen LogP contribution in [-0.2, 0) is 16.6 Å². The van der Waals surface area contributed by atoms with Crippen molar-refractivity contribution in [3.8, 4) is 17.0 Å². The predicted molar refractivity (Wildman–Crippen MR) is 177 cm³/mol. The van der Waals surface area contributed by atoms with Crippen LogP contribution < -0.4 is 15.4 Å². The number of likely N-dealkylation sites (tertiary alicyclic amines) is 2. The first-order valence-corrected chi connectivity index (χ1v) is 16.3. The summed E-state index contributed by atoms with van der Waals surface area (Å²) in [6, 6.07) is 6.75. The Bertz CT molecular complexity index is 1770. The van der Waals surface area contributed by atoms with E-state index in [2.05, 4.69) is 15.6 Å². The van der Waals surface area contributed by atoms with Gasteiger partial charge in [0.05, 0.1) is 29.6 Å². The van der Waals surface area contributed by atoms with Gasteiger partial charge in [0.15, 0.2) is 17.4 Å². The normalized spacial score (nSPS) is 16.8. The second kappa shape index (κ2) is 14.4. The number of nitrogens with zero attached hydrogens (tertiary/aromatic N) is 4. The fourth-order valence-corrected chi connectivity index (χ4v) is 6.22. The van der Waals surface area contributed by atoms with Crippen LogP contribution in [0.2, 0.25) is 5.02 Å². The third-order valence-electron chi connectivity index (χ3n) is 8.54. The van der Waals surface area contributed by atoms with Gasteiger partial charge in [-0.15, -0.1) is 0 Å². The van der Waals surface area contributed by atoms with Gasteiger partial charge in [0, 0.05) is 56.4 Å². The summed E-state index contributed by atoms with van der Waals surface area (Å²) >= 11 is 6.44. The van der Waals surface area contributed by atoms with Gasteiger partial charge in [-0.1, -0.05) is 11.6 Å². The zero-order valence-electron chi connectivity index (χ0n) is 27.9. The molecule has 1 atom stereocenters. The molecule has 0 spiro atoms. The molecule has 2 aliphatic rings. The number of rotatable bonds is 7. The lowest BCUT2D eigenvalue weighted by molar-refractivity contribution is -0.136. The van der Waals surface area contributed by atoms with Gasteiger partial charge in [0.25, 0.3) is 11.8 Å². The highest BCUT2D eigenvalue weighted by Crippen LogP contribution is 2.30. The first-order valence-electron chi connectivity index (χ1n) is 15.9. The minimum atomic E-state index is -1.15. The summed E-state index contributed by atoms with van der Waals surface area (Å²) in [5.74, 6) is -3.85. The van der Waals surface area contributed by atoms with E-state index in [0.29, 0.717) is 45.4 Å². The van der Waals surface area contributed by atoms with Gasteiger partial charge in [0.1, 0.15) is 5.60 Å². The molecule has 262 valence electrons. The molecular weight excluding hydrogens is 662 g/mol. The second-order valence-electron chi connectivity index (χ2n) is 13.1. The Morgan fingerprint density at radius 3 is 2.31 bits per heavy atom. The first-order chi connectivity index (χ1) is 23.2. The fraction of sp³-hybridized carbons (Fsp3) is 0.441. The first kappa shape index (κ1) is 35.6. The number of imidazole rings is 1. The van der Waals surface area contributed by atoms with Gasteiger partial charge in [-0.25, -0.2) is 14.2 Å². The highest BCUT2D eigenvalue weighted by atomic mass is 35.5. The van der Waals surface area contributed by atoms with Gasteiger partial charge in [0.2, 0.25) is 11.7 Å². The minimum Gasteiger partial charge on any atom is -0.494 e. The van der Waals surface area contributed by atoms with Crippen molar-refractivity contribution in [2.45, 2.75) is 51.7 Å². The van der Waals surface area contributed by atoms with Crippen molar-refractivity contribution in [2.24, 2.45) is 13.0 Å². The van der Waals surface area contributed by atoms with Crippen LogP contribution in [0, 0.1) is 17.6 Å². The van der Waals surface area contributed by atoms with E-state index in [-0.39, 0.29) is 63.1 Å². The van der Waals surface area contributed by atoms with Gasteiger partial charge >= 0.3 is 6.09 Å². The third kappa shape index (κ3) is 7.96. The predicted octanol–water partition coefficient (Wildman–Crippen LogP) is 5.26. The standard InChI is InChI=1S/C34H39ClF2N6O6/c1-34(2,3)49-33(47)42-13-10-19(11-14-42)32(46)43-15-12-21(18-43)40-30(44)22-7-6-20(16-24(22)35)39-31(45)29-38-17-25(41(29)4)23-8-9-26(48-5)28(37)27(23)36/h6-9,16-17,19,21H,10-15,18H2,1-5H3,(H,39,45)(H,40,44). The van der Waals surface area contributed by atoms with Gasteiger partial charge in [-0.2, -0.15) is 4.39 Å². The van der Waals surface area contributed by atoms with E-state index < -0.39 is 29.0 Å². The van der Waals surface area contributed by atoms with Crippen LogP contribution in [0.15, 0.2) is 36.5 Å². The number of hydrogen-bond donors (Lipinski definition) is 2. The van der Waals surface area contributed by atoms with Crippen molar-refractivity contribution >= 4 is 41.1 Å². The quantitative estimate of drug-likeness (QED) is 0.344. The summed E-state index contributed by atoms with van der Waals surface area (Å²) in [7, 11) is 2.72. The lowest BCUT2D eigenvalue weighted by Gasteiger charge is -2.34. The smallest absolute Gasteiger partial charge is 0.410 e. The highest BCUT2D eigenvalue weighted by molar-refractivity contribution is 6.34. The summed E-state index contributed by atoms with van der Waals surface area (Å²) in [4.78, 5) is 59.2. The average molecular weight is 701 g/mol. The maximum absolute atomic E-state index is 14.7. The summed E-state index contributed by atoms with van der Waals surface area (Å²) < 4.78 is 40.5. The van der Waals surface area contributed by atoms with Crippen LogP contribution in [0.25, 0.3) is 11.3 Å². The highest BCUT2D eigenvalue weighted by Gasteiger charge is 2.35. The number of carbonyl (C=O) groups is 4. The van der Waals surface area contributed by atoms with Crippen molar-refractivity contribution in [1.82, 2.24) is 24.7 Å². The Balaban J connectivity index is 1.14. The molecule has 0 aliphatic carbocycles. The molecule has 3 heterocycles. The van der Waals surface area contributed by atoms with Gasteiger partial charge < -0.3 is 34.5 Å². The number of nitrogens with one attached hydrogen (secondary N) is 2. The van der Waals surface area contributed by atoms with Crippen molar-refractivity contribution in [3.05, 3.63) is 64.6 Å². The van der Waals surface area contributed by atoms with E-state index in [4.69, 9.17) is 21.1 Å². The SMILES string of the molecule is COc1ccc(-c2cnc(C(=O)Nc3ccc(C(=O)NC4CCN(C(=O)C5CCN(C(=O)OC(C)(C)C)CC5)C4)c(Cl)c3)n2C)c(F)c1F. The van der Waals surface area contributed by atoms with Crippen molar-refractivity contribution in [1.29, 1.82) is 0 Å². The number of carbonyl (C=O) groups excluding carboxylic acids is 4. The molecule has 49 heavy (non-hydrogen) atoms. The topological polar surface area (TPSA) is 135 Å². The number of halogens is 3. The Hall–Kier alpha value is -4.72. The molecule has 12 nitrogen and oxygen atoms in total. The molecule has 4 amide bonds. The molecule has 2 N–H and O–H groups in total. The molecule has 2 aliphatic heterocycles. The molecule has 2 saturated heterocycles. The number of benzene rings is 2. The number of hydrogen-bond acceptors (Lipinski definition) is 7. The Labute approximate surface area is 287 Å². The number of methoxy groups -OCH3 is 1. The Kier molecular flexibility index (Phi) is 10.5. The largest absolute Gasteiger partial charge is 0.494 e. The number of amides is 4. The van der Waals surface area contributed by atoms with Crippen LogP contribution in [0.5, 0.6) is 5.75 Å². The number of aromatic nitrogens is 2. The van der Waals surface area contributed by atoms with E-state index >= 15 is 0 Å². The maximum atomic E-state index is 14.7. The molecule has 5 rings (SSSR count). The third-order valence-corrected chi connectivity index (χ3v) is 8.85. The van der Waals surface area contributed by atoms with Crippen molar-refractivity contribution in [3.63, 3.8) is 0 Å². The van der Waals surface area contributed by atoms with Crippen molar-refractivity contribution < 1.29 is 37.4 Å². The van der Waals surface area contributed by atoms with Crippen LogP contribution >= 0.6 is 11.6 Å². The summed E-state index contributed by atoms with van der Waals surface area (Å²) in [5, 5.41) is 5.69. The van der Waals surface area contributed by atoms with E-state index in [0.717, 1.165) is 0 Å². The monoisotopic (exact) mass is 700 g/mol. The summed E-state index contributed by atoms with van der Waals surface area (Å²) in [5.41, 5.74) is -0.0336. The molecule has 0 radical (unpaired) electrons. The molecule has 15 heteroatoms. The molecule has 2 aromatic carbocycles. The van der Waals surface area contributed by atoms with E-state index in [9.17, 15) is 28.0 Å². The second-order valence-corrected chi connectivity index (χ2v) is 13.5. The summed E-state index contributed by atoms with van der Waals surface area (Å²) in [6.07, 6.45) is 2.56. The van der Waals surface area contributed by atoms with Crippen LogP contribution in [0.3, 0.4) is 0 Å². The lowest BCUT2D eigenvalue weighted by Crippen LogP contribution is -2.46.